The van der Waals surface area contributed by atoms with Crippen molar-refractivity contribution in [2.75, 3.05) is 6.79 Å². The van der Waals surface area contributed by atoms with Crippen LogP contribution in [-0.2, 0) is 24.3 Å². The molecule has 176 valence electrons. The first-order chi connectivity index (χ1) is 15.8. The van der Waals surface area contributed by atoms with E-state index in [1.807, 2.05) is 24.3 Å². The van der Waals surface area contributed by atoms with Gasteiger partial charge in [0.15, 0.2) is 0 Å². The van der Waals surface area contributed by atoms with E-state index in [0.717, 1.165) is 10.2 Å². The largest absolute Gasteiger partial charge is 0.480 e. The van der Waals surface area contributed by atoms with Crippen molar-refractivity contribution in [2.45, 2.75) is 35.5 Å². The molecular weight excluding hydrogens is 474 g/mol. The van der Waals surface area contributed by atoms with Crippen LogP contribution in [0.3, 0.4) is 0 Å². The van der Waals surface area contributed by atoms with Gasteiger partial charge in [0.2, 0.25) is 10.0 Å². The lowest BCUT2D eigenvalue weighted by Gasteiger charge is -2.26. The van der Waals surface area contributed by atoms with Gasteiger partial charge in [-0.1, -0.05) is 23.5 Å². The van der Waals surface area contributed by atoms with Crippen LogP contribution in [0.25, 0.3) is 10.2 Å². The lowest BCUT2D eigenvalue weighted by Crippen LogP contribution is -2.53. The minimum atomic E-state index is -4.10. The molecule has 1 saturated carbocycles. The molecule has 1 saturated heterocycles. The topological polar surface area (TPSA) is 170 Å². The van der Waals surface area contributed by atoms with Gasteiger partial charge in [-0.15, -0.1) is 0 Å². The number of hydrogen-bond acceptors (Lipinski definition) is 10. The van der Waals surface area contributed by atoms with Gasteiger partial charge in [-0.3, -0.25) is 4.79 Å². The third-order valence-electron chi connectivity index (χ3n) is 5.43. The van der Waals surface area contributed by atoms with E-state index in [1.54, 1.807) is 0 Å². The smallest absolute Gasteiger partial charge is 0.325 e. The Kier molecular flexibility index (Phi) is 6.63. The third-order valence-corrected chi connectivity index (χ3v) is 7.90. The van der Waals surface area contributed by atoms with E-state index in [1.165, 1.54) is 35.6 Å². The van der Waals surface area contributed by atoms with Crippen molar-refractivity contribution in [3.8, 4) is 10.9 Å². The normalized spacial score (nSPS) is 24.2. The van der Waals surface area contributed by atoms with Crippen LogP contribution in [0, 0.1) is 0 Å². The zero-order valence-electron chi connectivity index (χ0n) is 17.1. The van der Waals surface area contributed by atoms with Crippen molar-refractivity contribution in [1.82, 2.24) is 9.71 Å². The summed E-state index contributed by atoms with van der Waals surface area (Å²) in [6.07, 6.45) is -0.873. The van der Waals surface area contributed by atoms with Gasteiger partial charge in [0.1, 0.15) is 18.1 Å². The number of thiazole rings is 1. The first kappa shape index (κ1) is 23.5. The second-order valence-corrected chi connectivity index (χ2v) is 10.1. The highest BCUT2D eigenvalue weighted by Crippen LogP contribution is 2.39. The van der Waals surface area contributed by atoms with Gasteiger partial charge >= 0.3 is 5.97 Å². The summed E-state index contributed by atoms with van der Waals surface area (Å²) in [5, 5.41) is 16.7. The van der Waals surface area contributed by atoms with E-state index in [0.29, 0.717) is 10.9 Å². The predicted molar refractivity (Wildman–Crippen MR) is 117 cm³/mol. The summed E-state index contributed by atoms with van der Waals surface area (Å²) in [4.78, 5) is 16.2. The first-order valence-electron chi connectivity index (χ1n) is 9.75. The molecule has 1 aliphatic heterocycles. The molecule has 2 aliphatic rings. The Labute approximate surface area is 192 Å². The van der Waals surface area contributed by atoms with E-state index in [4.69, 9.17) is 19.4 Å². The standard InChI is InChI=1S/C20H18N2O7S2.H3NO/c23-18(24)20(9-15-16(10-20)28-11-27-15)22-31(25,26)13-7-5-12(6-8-13)29-19-21-14-3-1-2-4-17(14)30-19;1-2/h1-8,15-16,22H,9-11H2,(H,23,24);2H,1H2. The number of nitrogens with zero attached hydrogens (tertiary/aromatic N) is 1. The summed E-state index contributed by atoms with van der Waals surface area (Å²) >= 11 is 1.38. The monoisotopic (exact) mass is 495 g/mol. The fourth-order valence-corrected chi connectivity index (χ4v) is 6.10. The van der Waals surface area contributed by atoms with Crippen LogP contribution < -0.4 is 15.4 Å². The van der Waals surface area contributed by atoms with Gasteiger partial charge in [-0.25, -0.2) is 19.3 Å². The molecular formula is C20H21N3O8S2. The SMILES string of the molecule is NO.O=C(O)C1(NS(=O)(=O)c2ccc(Oc3nc4ccccc4s3)cc2)CC2OCOC2C1. The molecule has 33 heavy (non-hydrogen) atoms. The lowest BCUT2D eigenvalue weighted by molar-refractivity contribution is -0.145. The van der Waals surface area contributed by atoms with Crippen LogP contribution in [0.15, 0.2) is 53.4 Å². The molecule has 0 bridgehead atoms. The van der Waals surface area contributed by atoms with Crippen LogP contribution in [0.5, 0.6) is 10.9 Å². The van der Waals surface area contributed by atoms with E-state index in [-0.39, 0.29) is 24.5 Å². The number of hydrogen-bond donors (Lipinski definition) is 4. The molecule has 1 aromatic heterocycles. The molecule has 2 aromatic carbocycles. The van der Waals surface area contributed by atoms with Crippen molar-refractivity contribution in [2.24, 2.45) is 5.90 Å². The van der Waals surface area contributed by atoms with Crippen LogP contribution >= 0.6 is 11.3 Å². The Balaban J connectivity index is 0.00000126. The van der Waals surface area contributed by atoms with E-state index >= 15 is 0 Å². The number of nitrogens with one attached hydrogen (secondary N) is 1. The van der Waals surface area contributed by atoms with Crippen molar-refractivity contribution in [3.05, 3.63) is 48.5 Å². The Morgan fingerprint density at radius 1 is 1.12 bits per heavy atom. The molecule has 0 amide bonds. The summed E-state index contributed by atoms with van der Waals surface area (Å²) in [6.45, 7) is 0.0912. The van der Waals surface area contributed by atoms with Gasteiger partial charge in [-0.2, -0.15) is 4.72 Å². The number of benzene rings is 2. The summed E-state index contributed by atoms with van der Waals surface area (Å²) in [7, 11) is -4.10. The number of aromatic nitrogens is 1. The van der Waals surface area contributed by atoms with Crippen LogP contribution in [0.1, 0.15) is 12.8 Å². The Bertz CT molecular complexity index is 1200. The Hall–Kier alpha value is -2.65. The number of aliphatic carboxylic acids is 1. The molecule has 0 spiro atoms. The molecule has 2 fully saturated rings. The molecule has 11 nitrogen and oxygen atoms in total. The summed E-state index contributed by atoms with van der Waals surface area (Å²) in [5.41, 5.74) is -0.857. The summed E-state index contributed by atoms with van der Waals surface area (Å²) in [6, 6.07) is 13.4. The second-order valence-electron chi connectivity index (χ2n) is 7.45. The number of rotatable bonds is 6. The molecule has 3 aromatic rings. The minimum Gasteiger partial charge on any atom is -0.480 e. The highest BCUT2D eigenvalue weighted by Gasteiger charge is 2.55. The number of carbonyl (C=O) groups is 1. The molecule has 2 heterocycles. The quantitative estimate of drug-likeness (QED) is 0.371. The van der Waals surface area contributed by atoms with Gasteiger partial charge in [-0.05, 0) is 36.4 Å². The highest BCUT2D eigenvalue weighted by molar-refractivity contribution is 7.89. The van der Waals surface area contributed by atoms with Crippen molar-refractivity contribution < 1.29 is 37.7 Å². The lowest BCUT2D eigenvalue weighted by atomic mass is 9.99. The molecule has 5 N–H and O–H groups in total. The predicted octanol–water partition coefficient (Wildman–Crippen LogP) is 2.06. The van der Waals surface area contributed by atoms with Gasteiger partial charge < -0.3 is 24.5 Å². The fourth-order valence-electron chi connectivity index (χ4n) is 3.88. The maximum atomic E-state index is 12.9. The second kappa shape index (κ2) is 9.30. The number of ether oxygens (including phenoxy) is 3. The Morgan fingerprint density at radius 3 is 2.36 bits per heavy atom. The van der Waals surface area contributed by atoms with E-state index < -0.39 is 33.7 Å². The molecule has 0 radical (unpaired) electrons. The van der Waals surface area contributed by atoms with Crippen molar-refractivity contribution in [1.29, 1.82) is 0 Å². The average Bonchev–Trinajstić information content (AvgIpc) is 3.48. The maximum absolute atomic E-state index is 12.9. The van der Waals surface area contributed by atoms with Crippen molar-refractivity contribution >= 4 is 37.5 Å². The number of fused-ring (bicyclic) bond motifs is 2. The van der Waals surface area contributed by atoms with Crippen molar-refractivity contribution in [3.63, 3.8) is 0 Å². The number of carboxylic acid groups (broad SMARTS) is 1. The van der Waals surface area contributed by atoms with E-state index in [9.17, 15) is 18.3 Å². The van der Waals surface area contributed by atoms with E-state index in [2.05, 4.69) is 15.6 Å². The minimum absolute atomic E-state index is 0.00499. The number of para-hydroxylation sites is 1. The zero-order chi connectivity index (χ0) is 23.6. The number of sulfonamides is 1. The van der Waals surface area contributed by atoms with Crippen LogP contribution in [0.4, 0.5) is 0 Å². The van der Waals surface area contributed by atoms with Gasteiger partial charge in [0.25, 0.3) is 5.19 Å². The third kappa shape index (κ3) is 4.70. The van der Waals surface area contributed by atoms with Gasteiger partial charge in [0.05, 0.1) is 27.3 Å². The molecule has 2 unspecified atom stereocenters. The summed E-state index contributed by atoms with van der Waals surface area (Å²) < 4.78 is 45.6. The molecule has 1 aliphatic carbocycles. The van der Waals surface area contributed by atoms with Crippen LogP contribution in [-0.4, -0.2) is 54.2 Å². The molecule has 5 rings (SSSR count). The average molecular weight is 496 g/mol. The molecule has 13 heteroatoms. The fraction of sp³-hybridized carbons (Fsp3) is 0.300. The number of nitrogens with two attached hydrogens (primary N) is 1. The van der Waals surface area contributed by atoms with Gasteiger partial charge in [0, 0.05) is 12.8 Å². The summed E-state index contributed by atoms with van der Waals surface area (Å²) in [5.74, 6) is 2.66. The zero-order valence-corrected chi connectivity index (χ0v) is 18.7. The van der Waals surface area contributed by atoms with Crippen LogP contribution in [0.2, 0.25) is 0 Å². The molecule has 2 atom stereocenters. The first-order valence-corrected chi connectivity index (χ1v) is 12.0. The maximum Gasteiger partial charge on any atom is 0.325 e. The Morgan fingerprint density at radius 2 is 1.76 bits per heavy atom. The number of carboxylic acids is 1. The highest BCUT2D eigenvalue weighted by atomic mass is 32.2.